The first-order valence-electron chi connectivity index (χ1n) is 6.11. The van der Waals surface area contributed by atoms with Crippen LogP contribution in [0.1, 0.15) is 18.5 Å². The van der Waals surface area contributed by atoms with Gasteiger partial charge in [0, 0.05) is 11.7 Å². The van der Waals surface area contributed by atoms with Crippen molar-refractivity contribution in [2.75, 3.05) is 5.32 Å². The fraction of sp³-hybridized carbons (Fsp3) is 0.200. The Morgan fingerprint density at radius 2 is 1.75 bits per heavy atom. The predicted molar refractivity (Wildman–Crippen MR) is 71.5 cm³/mol. The van der Waals surface area contributed by atoms with E-state index in [4.69, 9.17) is 0 Å². The molecule has 2 aromatic rings. The Morgan fingerprint density at radius 3 is 2.40 bits per heavy atom. The largest absolute Gasteiger partial charge is 0.435 e. The summed E-state index contributed by atoms with van der Waals surface area (Å²) in [5.74, 6) is -0.194. The van der Waals surface area contributed by atoms with Gasteiger partial charge >= 0.3 is 6.61 Å². The Kier molecular flexibility index (Phi) is 4.50. The molecule has 0 aromatic heterocycles. The Morgan fingerprint density at radius 1 is 1.05 bits per heavy atom. The van der Waals surface area contributed by atoms with E-state index in [0.29, 0.717) is 0 Å². The van der Waals surface area contributed by atoms with Crippen LogP contribution in [0.5, 0.6) is 5.75 Å². The van der Waals surface area contributed by atoms with E-state index in [1.165, 1.54) is 18.2 Å². The van der Waals surface area contributed by atoms with E-state index < -0.39 is 6.61 Å². The number of anilines is 1. The summed E-state index contributed by atoms with van der Waals surface area (Å²) in [5.41, 5.74) is 1.55. The van der Waals surface area contributed by atoms with Crippen LogP contribution in [0.2, 0.25) is 0 Å². The Bertz CT molecular complexity index is 557. The van der Waals surface area contributed by atoms with Crippen molar-refractivity contribution in [3.8, 4) is 5.75 Å². The predicted octanol–water partition coefficient (Wildman–Crippen LogP) is 4.60. The summed E-state index contributed by atoms with van der Waals surface area (Å²) in [5, 5.41) is 3.16. The van der Waals surface area contributed by atoms with Crippen LogP contribution in [0.25, 0.3) is 0 Å². The number of halogens is 3. The van der Waals surface area contributed by atoms with Crippen molar-refractivity contribution < 1.29 is 17.9 Å². The SMILES string of the molecule is CC(Nc1ccc(F)cc1)c1cccc(OC(F)F)c1. The van der Waals surface area contributed by atoms with E-state index in [9.17, 15) is 13.2 Å². The molecule has 0 bridgehead atoms. The van der Waals surface area contributed by atoms with Gasteiger partial charge in [0.1, 0.15) is 11.6 Å². The third-order valence-electron chi connectivity index (χ3n) is 2.81. The summed E-state index contributed by atoms with van der Waals surface area (Å²) < 4.78 is 41.5. The highest BCUT2D eigenvalue weighted by atomic mass is 19.3. The number of ether oxygens (including phenoxy) is 1. The Balaban J connectivity index is 2.08. The molecule has 0 aliphatic rings. The van der Waals surface area contributed by atoms with Crippen LogP contribution in [-0.2, 0) is 0 Å². The fourth-order valence-corrected chi connectivity index (χ4v) is 1.84. The van der Waals surface area contributed by atoms with Crippen molar-refractivity contribution in [2.45, 2.75) is 19.6 Å². The maximum Gasteiger partial charge on any atom is 0.387 e. The molecule has 0 aliphatic heterocycles. The molecule has 1 unspecified atom stereocenters. The number of hydrogen-bond donors (Lipinski definition) is 1. The lowest BCUT2D eigenvalue weighted by atomic mass is 10.1. The van der Waals surface area contributed by atoms with E-state index in [1.807, 2.05) is 6.92 Å². The lowest BCUT2D eigenvalue weighted by Crippen LogP contribution is -2.07. The lowest BCUT2D eigenvalue weighted by Gasteiger charge is -2.16. The topological polar surface area (TPSA) is 21.3 Å². The summed E-state index contributed by atoms with van der Waals surface area (Å²) in [6.07, 6.45) is 0. The van der Waals surface area contributed by atoms with Crippen molar-refractivity contribution in [1.29, 1.82) is 0 Å². The van der Waals surface area contributed by atoms with Gasteiger partial charge < -0.3 is 10.1 Å². The maximum atomic E-state index is 12.8. The fourth-order valence-electron chi connectivity index (χ4n) is 1.84. The first kappa shape index (κ1) is 14.2. The van der Waals surface area contributed by atoms with Crippen LogP contribution < -0.4 is 10.1 Å². The molecule has 106 valence electrons. The molecule has 0 radical (unpaired) electrons. The second-order valence-corrected chi connectivity index (χ2v) is 4.32. The molecule has 0 fully saturated rings. The quantitative estimate of drug-likeness (QED) is 0.864. The second-order valence-electron chi connectivity index (χ2n) is 4.32. The molecule has 5 heteroatoms. The summed E-state index contributed by atoms with van der Waals surface area (Å²) in [6, 6.07) is 12.3. The Labute approximate surface area is 115 Å². The van der Waals surface area contributed by atoms with Gasteiger partial charge in [0.05, 0.1) is 0 Å². The van der Waals surface area contributed by atoms with Gasteiger partial charge in [0.15, 0.2) is 0 Å². The summed E-state index contributed by atoms with van der Waals surface area (Å²) >= 11 is 0. The zero-order chi connectivity index (χ0) is 14.5. The number of rotatable bonds is 5. The second kappa shape index (κ2) is 6.32. The zero-order valence-corrected chi connectivity index (χ0v) is 10.8. The van der Waals surface area contributed by atoms with Crippen molar-refractivity contribution in [3.05, 3.63) is 59.9 Å². The number of nitrogens with one attached hydrogen (secondary N) is 1. The average molecular weight is 281 g/mol. The number of hydrogen-bond acceptors (Lipinski definition) is 2. The minimum absolute atomic E-state index is 0.116. The van der Waals surface area contributed by atoms with Crippen molar-refractivity contribution in [3.63, 3.8) is 0 Å². The third kappa shape index (κ3) is 3.91. The van der Waals surface area contributed by atoms with Crippen LogP contribution in [0.4, 0.5) is 18.9 Å². The van der Waals surface area contributed by atoms with E-state index in [-0.39, 0.29) is 17.6 Å². The van der Waals surface area contributed by atoms with Gasteiger partial charge in [-0.15, -0.1) is 0 Å². The van der Waals surface area contributed by atoms with Crippen LogP contribution in [0.3, 0.4) is 0 Å². The zero-order valence-electron chi connectivity index (χ0n) is 10.8. The molecular weight excluding hydrogens is 267 g/mol. The first-order chi connectivity index (χ1) is 9.54. The number of benzene rings is 2. The highest BCUT2D eigenvalue weighted by molar-refractivity contribution is 5.45. The highest BCUT2D eigenvalue weighted by Gasteiger charge is 2.09. The monoisotopic (exact) mass is 281 g/mol. The number of alkyl halides is 2. The molecule has 2 rings (SSSR count). The van der Waals surface area contributed by atoms with E-state index in [0.717, 1.165) is 11.3 Å². The Hall–Kier alpha value is -2.17. The summed E-state index contributed by atoms with van der Waals surface area (Å²) in [4.78, 5) is 0. The molecule has 20 heavy (non-hydrogen) atoms. The van der Waals surface area contributed by atoms with Gasteiger partial charge in [-0.1, -0.05) is 12.1 Å². The van der Waals surface area contributed by atoms with E-state index in [1.54, 1.807) is 30.3 Å². The van der Waals surface area contributed by atoms with Gasteiger partial charge in [0.2, 0.25) is 0 Å². The van der Waals surface area contributed by atoms with Crippen molar-refractivity contribution >= 4 is 5.69 Å². The van der Waals surface area contributed by atoms with Gasteiger partial charge in [0.25, 0.3) is 0 Å². The molecule has 2 nitrogen and oxygen atoms in total. The minimum Gasteiger partial charge on any atom is -0.435 e. The molecule has 0 saturated heterocycles. The smallest absolute Gasteiger partial charge is 0.387 e. The molecule has 1 N–H and O–H groups in total. The molecular formula is C15H14F3NO. The van der Waals surface area contributed by atoms with Crippen molar-refractivity contribution in [1.82, 2.24) is 0 Å². The average Bonchev–Trinajstić information content (AvgIpc) is 2.41. The van der Waals surface area contributed by atoms with Crippen LogP contribution in [-0.4, -0.2) is 6.61 Å². The summed E-state index contributed by atoms with van der Waals surface area (Å²) in [6.45, 7) is -0.962. The van der Waals surface area contributed by atoms with Crippen LogP contribution >= 0.6 is 0 Å². The van der Waals surface area contributed by atoms with E-state index >= 15 is 0 Å². The normalized spacial score (nSPS) is 12.2. The molecule has 0 aliphatic carbocycles. The standard InChI is InChI=1S/C15H14F3NO/c1-10(19-13-7-5-12(16)6-8-13)11-3-2-4-14(9-11)20-15(17)18/h2-10,15,19H,1H3. The van der Waals surface area contributed by atoms with Gasteiger partial charge in [-0.05, 0) is 48.9 Å². The molecule has 0 heterocycles. The van der Waals surface area contributed by atoms with Gasteiger partial charge in [-0.25, -0.2) is 4.39 Å². The molecule has 2 aromatic carbocycles. The lowest BCUT2D eigenvalue weighted by molar-refractivity contribution is -0.0498. The highest BCUT2D eigenvalue weighted by Crippen LogP contribution is 2.23. The summed E-state index contributed by atoms with van der Waals surface area (Å²) in [7, 11) is 0. The third-order valence-corrected chi connectivity index (χ3v) is 2.81. The molecule has 0 saturated carbocycles. The minimum atomic E-state index is -2.84. The van der Waals surface area contributed by atoms with Gasteiger partial charge in [-0.2, -0.15) is 8.78 Å². The van der Waals surface area contributed by atoms with Crippen molar-refractivity contribution in [2.24, 2.45) is 0 Å². The van der Waals surface area contributed by atoms with Gasteiger partial charge in [-0.3, -0.25) is 0 Å². The van der Waals surface area contributed by atoms with Crippen LogP contribution in [0, 0.1) is 5.82 Å². The molecule has 0 amide bonds. The van der Waals surface area contributed by atoms with E-state index in [2.05, 4.69) is 10.1 Å². The molecule has 1 atom stereocenters. The first-order valence-corrected chi connectivity index (χ1v) is 6.11. The molecule has 0 spiro atoms. The van der Waals surface area contributed by atoms with Crippen LogP contribution in [0.15, 0.2) is 48.5 Å². The maximum absolute atomic E-state index is 12.8.